The number of hydrogen-bond donors (Lipinski definition) is 2. The minimum Gasteiger partial charge on any atom is -0.497 e. The minimum absolute atomic E-state index is 0.250. The second kappa shape index (κ2) is 9.19. The molecule has 0 saturated heterocycles. The third-order valence-corrected chi connectivity index (χ3v) is 3.66. The lowest BCUT2D eigenvalue weighted by molar-refractivity contribution is 0.0946. The number of anilines is 2. The third kappa shape index (κ3) is 5.43. The molecule has 3 rings (SSSR count). The Morgan fingerprint density at radius 3 is 2.30 bits per heavy atom. The molecule has 0 aliphatic rings. The number of rotatable bonds is 8. The number of nitrogens with one attached hydrogen (secondary N) is 2. The van der Waals surface area contributed by atoms with Gasteiger partial charge in [0.2, 0.25) is 5.95 Å². The summed E-state index contributed by atoms with van der Waals surface area (Å²) in [6.07, 6.45) is 2.97. The number of amides is 1. The van der Waals surface area contributed by atoms with Gasteiger partial charge in [-0.2, -0.15) is 0 Å². The van der Waals surface area contributed by atoms with E-state index in [-0.39, 0.29) is 5.91 Å². The van der Waals surface area contributed by atoms with Crippen molar-refractivity contribution in [1.82, 2.24) is 15.3 Å². The lowest BCUT2D eigenvalue weighted by Gasteiger charge is -2.09. The number of hydrogen-bond acceptors (Lipinski definition) is 6. The highest BCUT2D eigenvalue weighted by Crippen LogP contribution is 2.16. The van der Waals surface area contributed by atoms with Gasteiger partial charge in [-0.25, -0.2) is 9.97 Å². The predicted octanol–water partition coefficient (Wildman–Crippen LogP) is 3.04. The molecule has 0 spiro atoms. The van der Waals surface area contributed by atoms with Gasteiger partial charge in [-0.1, -0.05) is 18.2 Å². The van der Waals surface area contributed by atoms with Gasteiger partial charge in [-0.05, 0) is 36.4 Å². The number of para-hydroxylation sites is 1. The molecule has 2 aromatic carbocycles. The van der Waals surface area contributed by atoms with E-state index in [1.165, 1.54) is 12.4 Å². The number of aromatic nitrogens is 2. The maximum absolute atomic E-state index is 12.1. The number of carbonyl (C=O) groups is 1. The summed E-state index contributed by atoms with van der Waals surface area (Å²) in [7, 11) is 1.61. The molecule has 7 heteroatoms. The van der Waals surface area contributed by atoms with Crippen molar-refractivity contribution in [3.05, 3.63) is 72.6 Å². The number of carbonyl (C=O) groups excluding carboxylic acids is 1. The summed E-state index contributed by atoms with van der Waals surface area (Å²) in [6, 6.07) is 16.8. The van der Waals surface area contributed by atoms with E-state index >= 15 is 0 Å². The number of nitrogens with zero attached hydrogens (tertiary/aromatic N) is 2. The molecule has 0 aliphatic carbocycles. The van der Waals surface area contributed by atoms with Crippen molar-refractivity contribution in [2.75, 3.05) is 25.6 Å². The third-order valence-electron chi connectivity index (χ3n) is 3.66. The molecule has 2 N–H and O–H groups in total. The topological polar surface area (TPSA) is 85.4 Å². The van der Waals surface area contributed by atoms with Crippen LogP contribution in [0.5, 0.6) is 11.5 Å². The Balaban J connectivity index is 1.43. The highest BCUT2D eigenvalue weighted by molar-refractivity contribution is 5.93. The van der Waals surface area contributed by atoms with Gasteiger partial charge in [0.25, 0.3) is 5.91 Å². The second-order valence-electron chi connectivity index (χ2n) is 5.57. The molecule has 1 aromatic heterocycles. The first-order valence-corrected chi connectivity index (χ1v) is 8.44. The van der Waals surface area contributed by atoms with Gasteiger partial charge in [0.05, 0.1) is 19.2 Å². The van der Waals surface area contributed by atoms with Crippen LogP contribution >= 0.6 is 0 Å². The normalized spacial score (nSPS) is 10.1. The summed E-state index contributed by atoms with van der Waals surface area (Å²) in [5.74, 6) is 1.66. The molecule has 0 unspecified atom stereocenters. The minimum atomic E-state index is -0.250. The standard InChI is InChI=1S/C20H20N4O3/c1-26-17-7-9-18(10-8-17)27-12-11-21-19(25)15-13-22-20(23-14-15)24-16-5-3-2-4-6-16/h2-10,13-14H,11-12H2,1H3,(H,21,25)(H,22,23,24). The van der Waals surface area contributed by atoms with Gasteiger partial charge in [-0.15, -0.1) is 0 Å². The smallest absolute Gasteiger partial charge is 0.254 e. The lowest BCUT2D eigenvalue weighted by Crippen LogP contribution is -2.28. The van der Waals surface area contributed by atoms with Crippen molar-refractivity contribution in [1.29, 1.82) is 0 Å². The van der Waals surface area contributed by atoms with Crippen LogP contribution in [0.1, 0.15) is 10.4 Å². The first kappa shape index (κ1) is 18.2. The molecule has 1 heterocycles. The maximum Gasteiger partial charge on any atom is 0.254 e. The quantitative estimate of drug-likeness (QED) is 0.598. The van der Waals surface area contributed by atoms with Crippen molar-refractivity contribution in [3.8, 4) is 11.5 Å². The van der Waals surface area contributed by atoms with Crippen molar-refractivity contribution < 1.29 is 14.3 Å². The molecule has 0 radical (unpaired) electrons. The molecule has 1 amide bonds. The molecular weight excluding hydrogens is 344 g/mol. The Kier molecular flexibility index (Phi) is 6.19. The maximum atomic E-state index is 12.1. The van der Waals surface area contributed by atoms with E-state index in [0.29, 0.717) is 30.4 Å². The molecule has 0 fully saturated rings. The fourth-order valence-corrected chi connectivity index (χ4v) is 2.27. The molecule has 7 nitrogen and oxygen atoms in total. The summed E-state index contributed by atoms with van der Waals surface area (Å²) < 4.78 is 10.7. The second-order valence-corrected chi connectivity index (χ2v) is 5.57. The number of ether oxygens (including phenoxy) is 2. The molecule has 3 aromatic rings. The molecule has 138 valence electrons. The van der Waals surface area contributed by atoms with E-state index in [1.807, 2.05) is 54.6 Å². The van der Waals surface area contributed by atoms with E-state index in [0.717, 1.165) is 11.4 Å². The summed E-state index contributed by atoms with van der Waals surface area (Å²) in [5.41, 5.74) is 1.27. The molecule has 0 bridgehead atoms. The van der Waals surface area contributed by atoms with Crippen molar-refractivity contribution in [3.63, 3.8) is 0 Å². The zero-order valence-corrected chi connectivity index (χ0v) is 14.9. The van der Waals surface area contributed by atoms with Gasteiger partial charge >= 0.3 is 0 Å². The van der Waals surface area contributed by atoms with Crippen molar-refractivity contribution in [2.24, 2.45) is 0 Å². The summed E-state index contributed by atoms with van der Waals surface area (Å²) in [4.78, 5) is 20.4. The van der Waals surface area contributed by atoms with E-state index < -0.39 is 0 Å². The van der Waals surface area contributed by atoms with Crippen LogP contribution < -0.4 is 20.1 Å². The monoisotopic (exact) mass is 364 g/mol. The van der Waals surface area contributed by atoms with Gasteiger partial charge in [0.15, 0.2) is 0 Å². The zero-order chi connectivity index (χ0) is 18.9. The molecule has 0 aliphatic heterocycles. The SMILES string of the molecule is COc1ccc(OCCNC(=O)c2cnc(Nc3ccccc3)nc2)cc1. The van der Waals surface area contributed by atoms with Crippen LogP contribution in [0, 0.1) is 0 Å². The van der Waals surface area contributed by atoms with Crippen molar-refractivity contribution >= 4 is 17.5 Å². The van der Waals surface area contributed by atoms with Crippen LogP contribution in [-0.2, 0) is 0 Å². The average molecular weight is 364 g/mol. The predicted molar refractivity (Wildman–Crippen MR) is 103 cm³/mol. The van der Waals surface area contributed by atoms with Gasteiger partial charge in [-0.3, -0.25) is 4.79 Å². The highest BCUT2D eigenvalue weighted by Gasteiger charge is 2.07. The fraction of sp³-hybridized carbons (Fsp3) is 0.150. The largest absolute Gasteiger partial charge is 0.497 e. The summed E-state index contributed by atoms with van der Waals surface area (Å²) >= 11 is 0. The number of methoxy groups -OCH3 is 1. The van der Waals surface area contributed by atoms with Crippen LogP contribution in [0.15, 0.2) is 67.0 Å². The van der Waals surface area contributed by atoms with Crippen LogP contribution in [0.25, 0.3) is 0 Å². The number of benzene rings is 2. The Morgan fingerprint density at radius 2 is 1.63 bits per heavy atom. The lowest BCUT2D eigenvalue weighted by atomic mass is 10.3. The Labute approximate surface area is 157 Å². The van der Waals surface area contributed by atoms with Gasteiger partial charge in [0, 0.05) is 18.1 Å². The molecular formula is C20H20N4O3. The van der Waals surface area contributed by atoms with E-state index in [9.17, 15) is 4.79 Å². The van der Waals surface area contributed by atoms with Crippen LogP contribution in [-0.4, -0.2) is 36.1 Å². The van der Waals surface area contributed by atoms with Crippen LogP contribution in [0.3, 0.4) is 0 Å². The highest BCUT2D eigenvalue weighted by atomic mass is 16.5. The van der Waals surface area contributed by atoms with E-state index in [2.05, 4.69) is 20.6 Å². The van der Waals surface area contributed by atoms with E-state index in [1.54, 1.807) is 7.11 Å². The Hall–Kier alpha value is -3.61. The first-order chi connectivity index (χ1) is 13.2. The molecule has 27 heavy (non-hydrogen) atoms. The summed E-state index contributed by atoms with van der Waals surface area (Å²) in [5, 5.41) is 5.84. The first-order valence-electron chi connectivity index (χ1n) is 8.44. The Bertz CT molecular complexity index is 853. The molecule has 0 saturated carbocycles. The fourth-order valence-electron chi connectivity index (χ4n) is 2.27. The average Bonchev–Trinajstić information content (AvgIpc) is 2.73. The van der Waals surface area contributed by atoms with Gasteiger partial charge < -0.3 is 20.1 Å². The zero-order valence-electron chi connectivity index (χ0n) is 14.9. The van der Waals surface area contributed by atoms with Gasteiger partial charge in [0.1, 0.15) is 18.1 Å². The van der Waals surface area contributed by atoms with E-state index in [4.69, 9.17) is 9.47 Å². The van der Waals surface area contributed by atoms with Crippen molar-refractivity contribution in [2.45, 2.75) is 0 Å². The molecule has 0 atom stereocenters. The Morgan fingerprint density at radius 1 is 0.963 bits per heavy atom. The van der Waals surface area contributed by atoms with Crippen LogP contribution in [0.2, 0.25) is 0 Å². The van der Waals surface area contributed by atoms with Crippen LogP contribution in [0.4, 0.5) is 11.6 Å². The summed E-state index contributed by atoms with van der Waals surface area (Å²) in [6.45, 7) is 0.724.